The molecule has 1 N–H and O–H groups in total. The van der Waals surface area contributed by atoms with Crippen LogP contribution in [0, 0.1) is 0 Å². The van der Waals surface area contributed by atoms with Crippen LogP contribution in [0.3, 0.4) is 0 Å². The predicted molar refractivity (Wildman–Crippen MR) is 84.9 cm³/mol. The average molecular weight is 334 g/mol. The second kappa shape index (κ2) is 6.64. The lowest BCUT2D eigenvalue weighted by Gasteiger charge is -2.33. The molecule has 1 aliphatic carbocycles. The summed E-state index contributed by atoms with van der Waals surface area (Å²) in [6.45, 7) is 3.80. The molecule has 0 bridgehead atoms. The number of carbonyl (C=O) groups is 1. The van der Waals surface area contributed by atoms with Gasteiger partial charge in [-0.3, -0.25) is 0 Å². The molecule has 1 saturated heterocycles. The maximum Gasteiger partial charge on any atom is 0.336 e. The summed E-state index contributed by atoms with van der Waals surface area (Å²) in [5.41, 5.74) is 1.29. The highest BCUT2D eigenvalue weighted by atomic mass is 16.8. The van der Waals surface area contributed by atoms with Gasteiger partial charge in [-0.2, -0.15) is 0 Å². The maximum atomic E-state index is 12.1. The second-order valence-electron chi connectivity index (χ2n) is 6.39. The topological polar surface area (TPSA) is 74.2 Å². The lowest BCUT2D eigenvalue weighted by Crippen LogP contribution is -2.49. The second-order valence-corrected chi connectivity index (χ2v) is 6.39. The monoisotopic (exact) mass is 334 g/mol. The van der Waals surface area contributed by atoms with Gasteiger partial charge < -0.3 is 24.1 Å². The number of aliphatic hydroxyl groups excluding tert-OH is 1. The van der Waals surface area contributed by atoms with Crippen LogP contribution in [0.15, 0.2) is 42.0 Å². The van der Waals surface area contributed by atoms with Gasteiger partial charge in [-0.25, -0.2) is 4.79 Å². The molecule has 1 heterocycles. The molecule has 0 saturated carbocycles. The SMILES string of the molecule is COC(=O)C1=C[C@@H](OCc2ccccc2)[C@@H](O)C2OC(C)(C)OC12. The van der Waals surface area contributed by atoms with Crippen LogP contribution in [0.25, 0.3) is 0 Å². The minimum absolute atomic E-state index is 0.315. The molecule has 3 rings (SSSR count). The number of esters is 1. The van der Waals surface area contributed by atoms with E-state index in [1.165, 1.54) is 7.11 Å². The van der Waals surface area contributed by atoms with E-state index in [4.69, 9.17) is 18.9 Å². The van der Waals surface area contributed by atoms with E-state index < -0.39 is 36.2 Å². The molecule has 0 radical (unpaired) electrons. The summed E-state index contributed by atoms with van der Waals surface area (Å²) in [6, 6.07) is 9.61. The number of aliphatic hydroxyl groups is 1. The molecule has 130 valence electrons. The highest BCUT2D eigenvalue weighted by Gasteiger charge is 2.52. The molecular formula is C18H22O6. The Balaban J connectivity index is 1.81. The van der Waals surface area contributed by atoms with Gasteiger partial charge >= 0.3 is 5.97 Å². The van der Waals surface area contributed by atoms with Crippen LogP contribution in [0.2, 0.25) is 0 Å². The fraction of sp³-hybridized carbons (Fsp3) is 0.500. The van der Waals surface area contributed by atoms with Gasteiger partial charge in [-0.05, 0) is 25.5 Å². The Hall–Kier alpha value is -1.73. The van der Waals surface area contributed by atoms with Crippen LogP contribution < -0.4 is 0 Å². The first kappa shape index (κ1) is 17.1. The Morgan fingerprint density at radius 3 is 2.62 bits per heavy atom. The number of hydrogen-bond donors (Lipinski definition) is 1. The Morgan fingerprint density at radius 2 is 1.96 bits per heavy atom. The molecule has 0 aromatic heterocycles. The van der Waals surface area contributed by atoms with Crippen LogP contribution >= 0.6 is 0 Å². The first-order valence-corrected chi connectivity index (χ1v) is 7.90. The minimum atomic E-state index is -0.936. The molecule has 1 aliphatic heterocycles. The lowest BCUT2D eigenvalue weighted by atomic mass is 9.89. The first-order valence-electron chi connectivity index (χ1n) is 7.90. The van der Waals surface area contributed by atoms with Gasteiger partial charge in [0.15, 0.2) is 5.79 Å². The van der Waals surface area contributed by atoms with Gasteiger partial charge in [-0.15, -0.1) is 0 Å². The summed E-state index contributed by atoms with van der Waals surface area (Å²) in [6.07, 6.45) is -1.39. The van der Waals surface area contributed by atoms with Crippen molar-refractivity contribution in [3.05, 3.63) is 47.5 Å². The number of ether oxygens (including phenoxy) is 4. The van der Waals surface area contributed by atoms with Crippen molar-refractivity contribution in [2.45, 2.75) is 50.7 Å². The van der Waals surface area contributed by atoms with Gasteiger partial charge in [0.05, 0.1) is 19.3 Å². The van der Waals surface area contributed by atoms with Crippen LogP contribution in [0.4, 0.5) is 0 Å². The van der Waals surface area contributed by atoms with Gasteiger partial charge in [-0.1, -0.05) is 30.3 Å². The average Bonchev–Trinajstić information content (AvgIpc) is 2.90. The number of carbonyl (C=O) groups excluding carboxylic acids is 1. The number of rotatable bonds is 4. The van der Waals surface area contributed by atoms with E-state index in [-0.39, 0.29) is 0 Å². The number of hydrogen-bond acceptors (Lipinski definition) is 6. The number of benzene rings is 1. The Labute approximate surface area is 141 Å². The van der Waals surface area contributed by atoms with Crippen molar-refractivity contribution in [1.82, 2.24) is 0 Å². The third kappa shape index (κ3) is 3.37. The quantitative estimate of drug-likeness (QED) is 0.843. The third-order valence-corrected chi connectivity index (χ3v) is 4.16. The summed E-state index contributed by atoms with van der Waals surface area (Å²) in [7, 11) is 1.31. The van der Waals surface area contributed by atoms with Crippen molar-refractivity contribution in [2.75, 3.05) is 7.11 Å². The fourth-order valence-corrected chi connectivity index (χ4v) is 3.05. The molecule has 2 aliphatic rings. The van der Waals surface area contributed by atoms with E-state index in [0.29, 0.717) is 12.2 Å². The molecule has 4 atom stereocenters. The maximum absolute atomic E-state index is 12.1. The molecule has 0 amide bonds. The molecule has 1 fully saturated rings. The standard InChI is InChI=1S/C18H22O6/c1-18(2)23-15-12(17(20)21-3)9-13(14(19)16(15)24-18)22-10-11-7-5-4-6-8-11/h4-9,13-16,19H,10H2,1-3H3/t13-,14-,15?,16?/m1/s1. The zero-order chi connectivity index (χ0) is 17.3. The van der Waals surface area contributed by atoms with E-state index in [1.54, 1.807) is 19.9 Å². The van der Waals surface area contributed by atoms with E-state index in [2.05, 4.69) is 0 Å². The van der Waals surface area contributed by atoms with Crippen LogP contribution in [0.1, 0.15) is 19.4 Å². The first-order chi connectivity index (χ1) is 11.4. The zero-order valence-electron chi connectivity index (χ0n) is 14.0. The van der Waals surface area contributed by atoms with E-state index in [1.807, 2.05) is 30.3 Å². The van der Waals surface area contributed by atoms with E-state index in [9.17, 15) is 9.90 Å². The third-order valence-electron chi connectivity index (χ3n) is 4.16. The van der Waals surface area contributed by atoms with Crippen LogP contribution in [-0.4, -0.2) is 48.4 Å². The normalized spacial score (nSPS) is 31.2. The summed E-state index contributed by atoms with van der Waals surface area (Å²) in [4.78, 5) is 12.1. The fourth-order valence-electron chi connectivity index (χ4n) is 3.05. The Kier molecular flexibility index (Phi) is 4.73. The zero-order valence-corrected chi connectivity index (χ0v) is 14.0. The van der Waals surface area contributed by atoms with Gasteiger partial charge in [0.1, 0.15) is 24.4 Å². The van der Waals surface area contributed by atoms with Crippen molar-refractivity contribution in [2.24, 2.45) is 0 Å². The summed E-state index contributed by atoms with van der Waals surface area (Å²) >= 11 is 0. The molecular weight excluding hydrogens is 312 g/mol. The van der Waals surface area contributed by atoms with Crippen molar-refractivity contribution < 1.29 is 28.8 Å². The lowest BCUT2D eigenvalue weighted by molar-refractivity contribution is -0.161. The molecule has 24 heavy (non-hydrogen) atoms. The smallest absolute Gasteiger partial charge is 0.336 e. The molecule has 6 heteroatoms. The molecule has 0 spiro atoms. The minimum Gasteiger partial charge on any atom is -0.466 e. The Bertz CT molecular complexity index is 624. The summed E-state index contributed by atoms with van der Waals surface area (Å²) < 4.78 is 22.2. The van der Waals surface area contributed by atoms with Crippen LogP contribution in [0.5, 0.6) is 0 Å². The van der Waals surface area contributed by atoms with Crippen molar-refractivity contribution in [1.29, 1.82) is 0 Å². The highest BCUT2D eigenvalue weighted by Crippen LogP contribution is 2.38. The van der Waals surface area contributed by atoms with Crippen molar-refractivity contribution in [3.8, 4) is 0 Å². The summed E-state index contributed by atoms with van der Waals surface area (Å²) in [5.74, 6) is -1.40. The van der Waals surface area contributed by atoms with E-state index >= 15 is 0 Å². The van der Waals surface area contributed by atoms with Crippen molar-refractivity contribution in [3.63, 3.8) is 0 Å². The number of methoxy groups -OCH3 is 1. The molecule has 2 unspecified atom stereocenters. The molecule has 1 aromatic carbocycles. The van der Waals surface area contributed by atoms with Crippen LogP contribution in [-0.2, 0) is 30.3 Å². The molecule has 1 aromatic rings. The largest absolute Gasteiger partial charge is 0.466 e. The van der Waals surface area contributed by atoms with E-state index in [0.717, 1.165) is 5.56 Å². The molecule has 6 nitrogen and oxygen atoms in total. The predicted octanol–water partition coefficient (Wildman–Crippen LogP) is 1.57. The van der Waals surface area contributed by atoms with Gasteiger partial charge in [0, 0.05) is 0 Å². The Morgan fingerprint density at radius 1 is 1.25 bits per heavy atom. The number of fused-ring (bicyclic) bond motifs is 1. The van der Waals surface area contributed by atoms with Gasteiger partial charge in [0.25, 0.3) is 0 Å². The van der Waals surface area contributed by atoms with Crippen molar-refractivity contribution >= 4 is 5.97 Å². The summed E-state index contributed by atoms with van der Waals surface area (Å²) in [5, 5.41) is 10.6. The highest BCUT2D eigenvalue weighted by molar-refractivity contribution is 5.90. The van der Waals surface area contributed by atoms with Gasteiger partial charge in [0.2, 0.25) is 0 Å².